The predicted octanol–water partition coefficient (Wildman–Crippen LogP) is 1.51. The molecule has 0 bridgehead atoms. The highest BCUT2D eigenvalue weighted by Crippen LogP contribution is 2.24. The highest BCUT2D eigenvalue weighted by atomic mass is 16.4. The molecule has 5 heteroatoms. The maximum atomic E-state index is 11.4. The quantitative estimate of drug-likeness (QED) is 0.843. The molecule has 94 valence electrons. The molecule has 0 amide bonds. The number of aromatic nitrogens is 2. The van der Waals surface area contributed by atoms with E-state index in [4.69, 9.17) is 0 Å². The summed E-state index contributed by atoms with van der Waals surface area (Å²) in [6, 6.07) is -0.525. The average molecular weight is 237 g/mol. The first kappa shape index (κ1) is 12.1. The van der Waals surface area contributed by atoms with Crippen molar-refractivity contribution in [2.45, 2.75) is 38.8 Å². The van der Waals surface area contributed by atoms with Crippen molar-refractivity contribution in [1.29, 1.82) is 0 Å². The Morgan fingerprint density at radius 1 is 1.53 bits per heavy atom. The van der Waals surface area contributed by atoms with Crippen LogP contribution in [0.5, 0.6) is 0 Å². The van der Waals surface area contributed by atoms with E-state index in [2.05, 4.69) is 12.0 Å². The first-order valence-electron chi connectivity index (χ1n) is 6.21. The van der Waals surface area contributed by atoms with Crippen LogP contribution < -0.4 is 0 Å². The Morgan fingerprint density at radius 3 is 2.82 bits per heavy atom. The van der Waals surface area contributed by atoms with Gasteiger partial charge in [-0.1, -0.05) is 6.92 Å². The van der Waals surface area contributed by atoms with Crippen molar-refractivity contribution in [2.75, 3.05) is 13.1 Å². The molecule has 2 heterocycles. The molecule has 1 unspecified atom stereocenters. The van der Waals surface area contributed by atoms with Gasteiger partial charge in [0.25, 0.3) is 0 Å². The number of rotatable bonds is 5. The summed E-state index contributed by atoms with van der Waals surface area (Å²) < 4.78 is 1.82. The number of likely N-dealkylation sites (tertiary alicyclic amines) is 1. The van der Waals surface area contributed by atoms with Crippen LogP contribution in [0.15, 0.2) is 12.4 Å². The van der Waals surface area contributed by atoms with Gasteiger partial charge in [0.1, 0.15) is 6.04 Å². The lowest BCUT2D eigenvalue weighted by molar-refractivity contribution is -0.143. The lowest BCUT2D eigenvalue weighted by Gasteiger charge is -2.22. The van der Waals surface area contributed by atoms with Crippen molar-refractivity contribution in [3.05, 3.63) is 18.0 Å². The molecule has 0 radical (unpaired) electrons. The summed E-state index contributed by atoms with van der Waals surface area (Å²) in [5.74, 6) is -0.775. The summed E-state index contributed by atoms with van der Waals surface area (Å²) in [5.41, 5.74) is 0.799. The highest BCUT2D eigenvalue weighted by molar-refractivity contribution is 5.75. The van der Waals surface area contributed by atoms with E-state index in [1.807, 2.05) is 15.8 Å². The minimum Gasteiger partial charge on any atom is -0.480 e. The van der Waals surface area contributed by atoms with Crippen molar-refractivity contribution in [3.8, 4) is 0 Å². The normalized spacial score (nSPS) is 18.4. The molecule has 0 aliphatic carbocycles. The first-order valence-corrected chi connectivity index (χ1v) is 6.21. The number of carboxylic acid groups (broad SMARTS) is 1. The molecule has 17 heavy (non-hydrogen) atoms. The monoisotopic (exact) mass is 237 g/mol. The van der Waals surface area contributed by atoms with Gasteiger partial charge in [0.2, 0.25) is 0 Å². The van der Waals surface area contributed by atoms with Crippen LogP contribution in [0.25, 0.3) is 0 Å². The van der Waals surface area contributed by atoms with Crippen molar-refractivity contribution < 1.29 is 9.90 Å². The van der Waals surface area contributed by atoms with Crippen LogP contribution in [0.4, 0.5) is 0 Å². The van der Waals surface area contributed by atoms with Gasteiger partial charge in [-0.05, 0) is 32.4 Å². The fourth-order valence-corrected chi connectivity index (χ4v) is 2.38. The van der Waals surface area contributed by atoms with Crippen LogP contribution >= 0.6 is 0 Å². The van der Waals surface area contributed by atoms with Crippen LogP contribution in [0, 0.1) is 0 Å². The summed E-state index contributed by atoms with van der Waals surface area (Å²) in [5, 5.41) is 13.6. The minimum atomic E-state index is -0.775. The second-order valence-electron chi connectivity index (χ2n) is 4.52. The summed E-state index contributed by atoms with van der Waals surface area (Å²) in [6.45, 7) is 4.66. The van der Waals surface area contributed by atoms with Gasteiger partial charge in [-0.15, -0.1) is 0 Å². The Kier molecular flexibility index (Phi) is 3.78. The van der Waals surface area contributed by atoms with Crippen LogP contribution in [-0.2, 0) is 11.3 Å². The van der Waals surface area contributed by atoms with Crippen LogP contribution in [0.1, 0.15) is 37.8 Å². The predicted molar refractivity (Wildman–Crippen MR) is 63.7 cm³/mol. The second kappa shape index (κ2) is 5.31. The Morgan fingerprint density at radius 2 is 2.24 bits per heavy atom. The maximum Gasteiger partial charge on any atom is 0.325 e. The van der Waals surface area contributed by atoms with Crippen LogP contribution in [0.2, 0.25) is 0 Å². The van der Waals surface area contributed by atoms with Gasteiger partial charge < -0.3 is 5.11 Å². The fraction of sp³-hybridized carbons (Fsp3) is 0.667. The molecule has 1 saturated heterocycles. The molecule has 5 nitrogen and oxygen atoms in total. The van der Waals surface area contributed by atoms with Crippen molar-refractivity contribution in [3.63, 3.8) is 0 Å². The molecule has 2 rings (SSSR count). The summed E-state index contributed by atoms with van der Waals surface area (Å²) in [7, 11) is 0. The molecule has 1 aliphatic rings. The van der Waals surface area contributed by atoms with E-state index in [0.717, 1.165) is 44.5 Å². The second-order valence-corrected chi connectivity index (χ2v) is 4.52. The summed E-state index contributed by atoms with van der Waals surface area (Å²) in [6.07, 6.45) is 6.73. The van der Waals surface area contributed by atoms with E-state index in [1.165, 1.54) is 0 Å². The lowest BCUT2D eigenvalue weighted by atomic mass is 10.1. The van der Waals surface area contributed by atoms with Crippen molar-refractivity contribution >= 4 is 5.97 Å². The summed E-state index contributed by atoms with van der Waals surface area (Å²) >= 11 is 0. The molecule has 1 aliphatic heterocycles. The molecule has 1 fully saturated rings. The Bertz CT molecular complexity index is 383. The zero-order valence-electron chi connectivity index (χ0n) is 10.2. The third-order valence-electron chi connectivity index (χ3n) is 3.16. The number of carbonyl (C=O) groups is 1. The van der Waals surface area contributed by atoms with E-state index in [0.29, 0.717) is 0 Å². The third kappa shape index (κ3) is 2.66. The van der Waals surface area contributed by atoms with E-state index < -0.39 is 12.0 Å². The molecule has 1 aromatic rings. The smallest absolute Gasteiger partial charge is 0.325 e. The Hall–Kier alpha value is -1.36. The van der Waals surface area contributed by atoms with Gasteiger partial charge in [0.15, 0.2) is 0 Å². The number of carboxylic acids is 1. The minimum absolute atomic E-state index is 0.525. The highest BCUT2D eigenvalue weighted by Gasteiger charge is 2.30. The first-order chi connectivity index (χ1) is 8.22. The summed E-state index contributed by atoms with van der Waals surface area (Å²) in [4.78, 5) is 13.4. The van der Waals surface area contributed by atoms with Gasteiger partial charge in [-0.25, -0.2) is 0 Å². The fourth-order valence-electron chi connectivity index (χ4n) is 2.38. The number of nitrogens with zero attached hydrogens (tertiary/aromatic N) is 3. The van der Waals surface area contributed by atoms with Gasteiger partial charge in [-0.2, -0.15) is 5.10 Å². The topological polar surface area (TPSA) is 58.4 Å². The van der Waals surface area contributed by atoms with Gasteiger partial charge in [0.05, 0.1) is 6.20 Å². The average Bonchev–Trinajstić information content (AvgIpc) is 2.91. The Balaban J connectivity index is 2.16. The molecular formula is C12H19N3O2. The molecule has 1 N–H and O–H groups in total. The number of aryl methyl sites for hydroxylation is 1. The number of hydrogen-bond donors (Lipinski definition) is 1. The largest absolute Gasteiger partial charge is 0.480 e. The molecule has 1 atom stereocenters. The van der Waals surface area contributed by atoms with E-state index >= 15 is 0 Å². The van der Waals surface area contributed by atoms with E-state index in [1.54, 1.807) is 6.20 Å². The molecular weight excluding hydrogens is 218 g/mol. The lowest BCUT2D eigenvalue weighted by Crippen LogP contribution is -2.31. The van der Waals surface area contributed by atoms with Crippen molar-refractivity contribution in [2.24, 2.45) is 0 Å². The van der Waals surface area contributed by atoms with Crippen LogP contribution in [-0.4, -0.2) is 38.8 Å². The van der Waals surface area contributed by atoms with Crippen molar-refractivity contribution in [1.82, 2.24) is 14.7 Å². The van der Waals surface area contributed by atoms with Gasteiger partial charge in [-0.3, -0.25) is 14.4 Å². The number of hydrogen-bond acceptors (Lipinski definition) is 3. The van der Waals surface area contributed by atoms with Gasteiger partial charge in [0, 0.05) is 18.3 Å². The number of aliphatic carboxylic acids is 1. The zero-order valence-corrected chi connectivity index (χ0v) is 10.2. The van der Waals surface area contributed by atoms with Crippen LogP contribution in [0.3, 0.4) is 0 Å². The molecule has 1 aromatic heterocycles. The molecule has 0 saturated carbocycles. The van der Waals surface area contributed by atoms with Gasteiger partial charge >= 0.3 is 5.97 Å². The molecule has 0 aromatic carbocycles. The Labute approximate surface area is 101 Å². The molecule has 0 spiro atoms. The maximum absolute atomic E-state index is 11.4. The SMILES string of the molecule is CCCn1cc(C(C(=O)O)N2CCCC2)cn1. The zero-order chi connectivity index (χ0) is 12.3. The standard InChI is InChI=1S/C12H19N3O2/c1-2-5-15-9-10(8-13-15)11(12(16)17)14-6-3-4-7-14/h8-9,11H,2-7H2,1H3,(H,16,17). The third-order valence-corrected chi connectivity index (χ3v) is 3.16. The van der Waals surface area contributed by atoms with E-state index in [-0.39, 0.29) is 0 Å². The van der Waals surface area contributed by atoms with E-state index in [9.17, 15) is 9.90 Å².